The number of alkyl halides is 3. The molecular weight excluding hydrogens is 259 g/mol. The van der Waals surface area contributed by atoms with Crippen molar-refractivity contribution in [3.63, 3.8) is 0 Å². The molecule has 0 aliphatic carbocycles. The van der Waals surface area contributed by atoms with Gasteiger partial charge in [-0.05, 0) is 24.3 Å². The number of piperazine rings is 1. The lowest BCUT2D eigenvalue weighted by atomic mass is 10.2. The van der Waals surface area contributed by atoms with E-state index in [4.69, 9.17) is 0 Å². The van der Waals surface area contributed by atoms with Crippen molar-refractivity contribution < 1.29 is 18.0 Å². The van der Waals surface area contributed by atoms with Crippen LogP contribution in [0.4, 0.5) is 23.7 Å². The van der Waals surface area contributed by atoms with Gasteiger partial charge in [-0.15, -0.1) is 0 Å². The SMILES string of the molecule is O=C(Nc1ccc(C(F)(F)F)cc1)N1CCNCC1. The van der Waals surface area contributed by atoms with E-state index in [1.807, 2.05) is 0 Å². The van der Waals surface area contributed by atoms with E-state index in [1.165, 1.54) is 12.1 Å². The van der Waals surface area contributed by atoms with Crippen LogP contribution in [0.15, 0.2) is 24.3 Å². The summed E-state index contributed by atoms with van der Waals surface area (Å²) in [4.78, 5) is 13.4. The second-order valence-electron chi connectivity index (χ2n) is 4.24. The van der Waals surface area contributed by atoms with E-state index in [0.717, 1.165) is 25.2 Å². The van der Waals surface area contributed by atoms with Crippen molar-refractivity contribution in [2.45, 2.75) is 6.18 Å². The number of carbonyl (C=O) groups is 1. The highest BCUT2D eigenvalue weighted by atomic mass is 19.4. The van der Waals surface area contributed by atoms with E-state index in [1.54, 1.807) is 4.90 Å². The maximum Gasteiger partial charge on any atom is 0.416 e. The van der Waals surface area contributed by atoms with E-state index >= 15 is 0 Å². The van der Waals surface area contributed by atoms with E-state index in [0.29, 0.717) is 18.8 Å². The highest BCUT2D eigenvalue weighted by molar-refractivity contribution is 5.89. The van der Waals surface area contributed by atoms with E-state index in [9.17, 15) is 18.0 Å². The Morgan fingerprint density at radius 2 is 1.74 bits per heavy atom. The summed E-state index contributed by atoms with van der Waals surface area (Å²) in [5.74, 6) is 0. The van der Waals surface area contributed by atoms with Crippen LogP contribution in [0.2, 0.25) is 0 Å². The highest BCUT2D eigenvalue weighted by Crippen LogP contribution is 2.29. The van der Waals surface area contributed by atoms with Crippen molar-refractivity contribution in [3.05, 3.63) is 29.8 Å². The molecule has 4 nitrogen and oxygen atoms in total. The molecule has 2 amide bonds. The predicted molar refractivity (Wildman–Crippen MR) is 64.9 cm³/mol. The maximum absolute atomic E-state index is 12.4. The van der Waals surface area contributed by atoms with Crippen LogP contribution in [0.25, 0.3) is 0 Å². The van der Waals surface area contributed by atoms with Crippen molar-refractivity contribution in [3.8, 4) is 0 Å². The molecule has 0 atom stereocenters. The molecule has 1 aliphatic rings. The Kier molecular flexibility index (Phi) is 3.94. The molecule has 1 aromatic carbocycles. The molecular formula is C12H14F3N3O. The molecule has 7 heteroatoms. The lowest BCUT2D eigenvalue weighted by Crippen LogP contribution is -2.48. The van der Waals surface area contributed by atoms with Crippen LogP contribution in [0.1, 0.15) is 5.56 Å². The third-order valence-corrected chi connectivity index (χ3v) is 2.87. The summed E-state index contributed by atoms with van der Waals surface area (Å²) in [7, 11) is 0. The fourth-order valence-corrected chi connectivity index (χ4v) is 1.81. The fourth-order valence-electron chi connectivity index (χ4n) is 1.81. The van der Waals surface area contributed by atoms with Crippen LogP contribution in [-0.4, -0.2) is 37.1 Å². The topological polar surface area (TPSA) is 44.4 Å². The molecule has 0 saturated carbocycles. The van der Waals surface area contributed by atoms with Gasteiger partial charge >= 0.3 is 12.2 Å². The average molecular weight is 273 g/mol. The molecule has 104 valence electrons. The Hall–Kier alpha value is -1.76. The molecule has 1 saturated heterocycles. The number of nitrogens with one attached hydrogen (secondary N) is 2. The van der Waals surface area contributed by atoms with Gasteiger partial charge in [0.15, 0.2) is 0 Å². The van der Waals surface area contributed by atoms with Gasteiger partial charge in [-0.25, -0.2) is 4.79 Å². The normalized spacial score (nSPS) is 16.3. The van der Waals surface area contributed by atoms with Gasteiger partial charge in [0.1, 0.15) is 0 Å². The molecule has 0 bridgehead atoms. The number of nitrogens with zero attached hydrogens (tertiary/aromatic N) is 1. The minimum absolute atomic E-state index is 0.291. The van der Waals surface area contributed by atoms with Gasteiger partial charge in [-0.2, -0.15) is 13.2 Å². The van der Waals surface area contributed by atoms with Gasteiger partial charge in [-0.1, -0.05) is 0 Å². The van der Waals surface area contributed by atoms with Crippen LogP contribution >= 0.6 is 0 Å². The van der Waals surface area contributed by atoms with Crippen molar-refractivity contribution in [1.82, 2.24) is 10.2 Å². The predicted octanol–water partition coefficient (Wildman–Crippen LogP) is 2.14. The highest BCUT2D eigenvalue weighted by Gasteiger charge is 2.30. The van der Waals surface area contributed by atoms with Crippen LogP contribution in [0.5, 0.6) is 0 Å². The third kappa shape index (κ3) is 3.60. The number of hydrogen-bond acceptors (Lipinski definition) is 2. The molecule has 0 spiro atoms. The van der Waals surface area contributed by atoms with Crippen molar-refractivity contribution in [2.75, 3.05) is 31.5 Å². The van der Waals surface area contributed by atoms with Crippen LogP contribution < -0.4 is 10.6 Å². The summed E-state index contributed by atoms with van der Waals surface area (Å²) in [6, 6.07) is 4.12. The van der Waals surface area contributed by atoms with Crippen molar-refractivity contribution in [2.24, 2.45) is 0 Å². The van der Waals surface area contributed by atoms with Crippen LogP contribution in [0, 0.1) is 0 Å². The van der Waals surface area contributed by atoms with Crippen molar-refractivity contribution >= 4 is 11.7 Å². The molecule has 2 rings (SSSR count). The summed E-state index contributed by atoms with van der Waals surface area (Å²) in [5, 5.41) is 5.69. The van der Waals surface area contributed by atoms with E-state index in [2.05, 4.69) is 10.6 Å². The maximum atomic E-state index is 12.4. The second-order valence-corrected chi connectivity index (χ2v) is 4.24. The Morgan fingerprint density at radius 3 is 2.26 bits per heavy atom. The molecule has 0 aromatic heterocycles. The number of benzene rings is 1. The van der Waals surface area contributed by atoms with Crippen LogP contribution in [0.3, 0.4) is 0 Å². The Labute approximate surface area is 108 Å². The van der Waals surface area contributed by atoms with Crippen LogP contribution in [-0.2, 0) is 6.18 Å². The second kappa shape index (κ2) is 5.48. The van der Waals surface area contributed by atoms with Gasteiger partial charge in [-0.3, -0.25) is 0 Å². The molecule has 19 heavy (non-hydrogen) atoms. The first-order valence-electron chi connectivity index (χ1n) is 5.91. The van der Waals surface area contributed by atoms with E-state index < -0.39 is 11.7 Å². The number of urea groups is 1. The molecule has 1 heterocycles. The minimum atomic E-state index is -4.36. The molecule has 2 N–H and O–H groups in total. The average Bonchev–Trinajstić information content (AvgIpc) is 2.39. The zero-order valence-corrected chi connectivity index (χ0v) is 10.1. The fraction of sp³-hybridized carbons (Fsp3) is 0.417. The Bertz CT molecular complexity index is 439. The summed E-state index contributed by atoms with van der Waals surface area (Å²) < 4.78 is 37.1. The summed E-state index contributed by atoms with van der Waals surface area (Å²) in [5.41, 5.74) is -0.371. The third-order valence-electron chi connectivity index (χ3n) is 2.87. The summed E-state index contributed by atoms with van der Waals surface area (Å²) >= 11 is 0. The number of carbonyl (C=O) groups excluding carboxylic acids is 1. The quantitative estimate of drug-likeness (QED) is 0.823. The molecule has 0 unspecified atom stereocenters. The number of hydrogen-bond donors (Lipinski definition) is 2. The minimum Gasteiger partial charge on any atom is -0.322 e. The molecule has 1 aliphatic heterocycles. The zero-order valence-electron chi connectivity index (χ0n) is 10.1. The van der Waals surface area contributed by atoms with Gasteiger partial charge < -0.3 is 15.5 Å². The summed E-state index contributed by atoms with van der Waals surface area (Å²) in [6.07, 6.45) is -4.36. The number of halogens is 3. The van der Waals surface area contributed by atoms with Crippen molar-refractivity contribution in [1.29, 1.82) is 0 Å². The van der Waals surface area contributed by atoms with Gasteiger partial charge in [0.25, 0.3) is 0 Å². The molecule has 1 fully saturated rings. The number of amides is 2. The molecule has 0 radical (unpaired) electrons. The smallest absolute Gasteiger partial charge is 0.322 e. The van der Waals surface area contributed by atoms with Gasteiger partial charge in [0, 0.05) is 31.9 Å². The largest absolute Gasteiger partial charge is 0.416 e. The lowest BCUT2D eigenvalue weighted by molar-refractivity contribution is -0.137. The Balaban J connectivity index is 1.97. The first kappa shape index (κ1) is 13.7. The molecule has 1 aromatic rings. The van der Waals surface area contributed by atoms with E-state index in [-0.39, 0.29) is 6.03 Å². The first-order valence-corrected chi connectivity index (χ1v) is 5.91. The number of rotatable bonds is 1. The standard InChI is InChI=1S/C12H14F3N3O/c13-12(14,15)9-1-3-10(4-2-9)17-11(19)18-7-5-16-6-8-18/h1-4,16H,5-8H2,(H,17,19). The monoisotopic (exact) mass is 273 g/mol. The summed E-state index contributed by atoms with van der Waals surface area (Å²) in [6.45, 7) is 2.62. The Morgan fingerprint density at radius 1 is 1.16 bits per heavy atom. The first-order chi connectivity index (χ1) is 8.97. The number of anilines is 1. The van der Waals surface area contributed by atoms with Gasteiger partial charge in [0.05, 0.1) is 5.56 Å². The zero-order chi connectivity index (χ0) is 13.9. The van der Waals surface area contributed by atoms with Gasteiger partial charge in [0.2, 0.25) is 0 Å². The lowest BCUT2D eigenvalue weighted by Gasteiger charge is -2.27.